The van der Waals surface area contributed by atoms with Crippen LogP contribution in [-0.4, -0.2) is 35.0 Å². The van der Waals surface area contributed by atoms with E-state index in [0.717, 1.165) is 10.5 Å². The van der Waals surface area contributed by atoms with Crippen LogP contribution in [0.1, 0.15) is 39.2 Å². The average molecular weight is 333 g/mol. The van der Waals surface area contributed by atoms with Gasteiger partial charge in [0.1, 0.15) is 12.2 Å². The van der Waals surface area contributed by atoms with Crippen LogP contribution in [0.25, 0.3) is 0 Å². The first-order valence-electron chi connectivity index (χ1n) is 8.00. The first kappa shape index (κ1) is 18.0. The number of piperidine rings is 1. The Morgan fingerprint density at radius 2 is 1.88 bits per heavy atom. The van der Waals surface area contributed by atoms with Crippen LogP contribution in [0.3, 0.4) is 0 Å². The van der Waals surface area contributed by atoms with E-state index in [-0.39, 0.29) is 19.6 Å². The predicted octanol–water partition coefficient (Wildman–Crippen LogP) is 2.90. The number of imide groups is 1. The largest absolute Gasteiger partial charge is 0.461 e. The van der Waals surface area contributed by atoms with Gasteiger partial charge < -0.3 is 9.47 Å². The minimum absolute atomic E-state index is 0.0349. The van der Waals surface area contributed by atoms with E-state index in [1.54, 1.807) is 20.8 Å². The number of hydrogen-bond acceptors (Lipinski definition) is 5. The third kappa shape index (κ3) is 5.08. The van der Waals surface area contributed by atoms with E-state index in [9.17, 15) is 14.4 Å². The summed E-state index contributed by atoms with van der Waals surface area (Å²) in [7, 11) is 0. The zero-order valence-electron chi connectivity index (χ0n) is 14.3. The van der Waals surface area contributed by atoms with Crippen LogP contribution in [0.2, 0.25) is 0 Å². The summed E-state index contributed by atoms with van der Waals surface area (Å²) in [5.41, 5.74) is 0.228. The van der Waals surface area contributed by atoms with Gasteiger partial charge in [-0.15, -0.1) is 0 Å². The monoisotopic (exact) mass is 333 g/mol. The summed E-state index contributed by atoms with van der Waals surface area (Å²) in [5.74, 6) is -1.33. The number of esters is 1. The van der Waals surface area contributed by atoms with Gasteiger partial charge in [0.05, 0.1) is 5.92 Å². The van der Waals surface area contributed by atoms with Gasteiger partial charge in [0.15, 0.2) is 0 Å². The predicted molar refractivity (Wildman–Crippen MR) is 86.9 cm³/mol. The van der Waals surface area contributed by atoms with Crippen molar-refractivity contribution in [3.63, 3.8) is 0 Å². The SMILES string of the molecule is CC(C)(C)OC(=O)N1CCC(C(=O)OCc2ccccc2)CC1=O. The number of benzene rings is 1. The highest BCUT2D eigenvalue weighted by Gasteiger charge is 2.36. The summed E-state index contributed by atoms with van der Waals surface area (Å²) in [5, 5.41) is 0. The lowest BCUT2D eigenvalue weighted by Crippen LogP contribution is -2.46. The molecule has 1 aromatic carbocycles. The highest BCUT2D eigenvalue weighted by molar-refractivity contribution is 5.94. The fourth-order valence-electron chi connectivity index (χ4n) is 2.39. The maximum atomic E-state index is 12.1. The number of amides is 2. The second-order valence-corrected chi connectivity index (χ2v) is 6.81. The average Bonchev–Trinajstić information content (AvgIpc) is 2.51. The van der Waals surface area contributed by atoms with E-state index in [1.165, 1.54) is 0 Å². The number of hydrogen-bond donors (Lipinski definition) is 0. The fourth-order valence-corrected chi connectivity index (χ4v) is 2.39. The molecule has 0 aliphatic carbocycles. The van der Waals surface area contributed by atoms with Crippen LogP contribution in [0.15, 0.2) is 30.3 Å². The number of likely N-dealkylation sites (tertiary alicyclic amines) is 1. The Kier molecular flexibility index (Phi) is 5.59. The third-order valence-electron chi connectivity index (χ3n) is 3.59. The Balaban J connectivity index is 1.85. The highest BCUT2D eigenvalue weighted by Crippen LogP contribution is 2.22. The van der Waals surface area contributed by atoms with Gasteiger partial charge >= 0.3 is 12.1 Å². The Labute approximate surface area is 141 Å². The summed E-state index contributed by atoms with van der Waals surface area (Å²) >= 11 is 0. The zero-order chi connectivity index (χ0) is 17.7. The van der Waals surface area contributed by atoms with Gasteiger partial charge in [0.25, 0.3) is 0 Å². The lowest BCUT2D eigenvalue weighted by molar-refractivity contribution is -0.155. The minimum Gasteiger partial charge on any atom is -0.461 e. The van der Waals surface area contributed by atoms with Gasteiger partial charge in [-0.1, -0.05) is 30.3 Å². The summed E-state index contributed by atoms with van der Waals surface area (Å²) in [6, 6.07) is 9.35. The highest BCUT2D eigenvalue weighted by atomic mass is 16.6. The lowest BCUT2D eigenvalue weighted by atomic mass is 9.96. The number of ether oxygens (including phenoxy) is 2. The molecule has 6 heteroatoms. The molecule has 0 spiro atoms. The van der Waals surface area contributed by atoms with Gasteiger partial charge in [0, 0.05) is 13.0 Å². The van der Waals surface area contributed by atoms with Gasteiger partial charge in [-0.25, -0.2) is 9.69 Å². The second-order valence-electron chi connectivity index (χ2n) is 6.81. The third-order valence-corrected chi connectivity index (χ3v) is 3.59. The summed E-state index contributed by atoms with van der Waals surface area (Å²) in [6.45, 7) is 5.56. The van der Waals surface area contributed by atoms with Crippen LogP contribution in [-0.2, 0) is 25.7 Å². The topological polar surface area (TPSA) is 72.9 Å². The molecule has 1 heterocycles. The van der Waals surface area contributed by atoms with Crippen LogP contribution < -0.4 is 0 Å². The normalized spacial score (nSPS) is 18.2. The molecule has 1 aliphatic heterocycles. The summed E-state index contributed by atoms with van der Waals surface area (Å²) in [4.78, 5) is 37.3. The molecule has 1 aromatic rings. The van der Waals surface area contributed by atoms with Crippen molar-refractivity contribution in [3.05, 3.63) is 35.9 Å². The summed E-state index contributed by atoms with van der Waals surface area (Å²) < 4.78 is 10.5. The van der Waals surface area contributed by atoms with Crippen LogP contribution in [0.4, 0.5) is 4.79 Å². The molecule has 130 valence electrons. The Hall–Kier alpha value is -2.37. The van der Waals surface area contributed by atoms with Crippen molar-refractivity contribution in [2.75, 3.05) is 6.54 Å². The number of carbonyl (C=O) groups is 3. The maximum absolute atomic E-state index is 12.1. The molecule has 0 aromatic heterocycles. The van der Waals surface area contributed by atoms with Crippen molar-refractivity contribution >= 4 is 18.0 Å². The smallest absolute Gasteiger partial charge is 0.417 e. The number of nitrogens with zero attached hydrogens (tertiary/aromatic N) is 1. The summed E-state index contributed by atoms with van der Waals surface area (Å²) in [6.07, 6.45) is -0.311. The molecule has 0 N–H and O–H groups in total. The van der Waals surface area contributed by atoms with Crippen LogP contribution in [0, 0.1) is 5.92 Å². The molecule has 1 fully saturated rings. The zero-order valence-corrected chi connectivity index (χ0v) is 14.3. The Bertz CT molecular complexity index is 606. The standard InChI is InChI=1S/C18H23NO5/c1-18(2,3)24-17(22)19-10-9-14(11-15(19)20)16(21)23-12-13-7-5-4-6-8-13/h4-8,14H,9-12H2,1-3H3. The molecule has 1 unspecified atom stereocenters. The molecule has 0 bridgehead atoms. The van der Waals surface area contributed by atoms with Crippen molar-refractivity contribution in [1.82, 2.24) is 4.90 Å². The van der Waals surface area contributed by atoms with E-state index < -0.39 is 29.5 Å². The van der Waals surface area contributed by atoms with Crippen molar-refractivity contribution in [2.24, 2.45) is 5.92 Å². The van der Waals surface area contributed by atoms with Gasteiger partial charge in [-0.05, 0) is 32.8 Å². The lowest BCUT2D eigenvalue weighted by Gasteiger charge is -2.31. The van der Waals surface area contributed by atoms with Crippen LogP contribution >= 0.6 is 0 Å². The molecule has 0 saturated carbocycles. The Morgan fingerprint density at radius 1 is 1.21 bits per heavy atom. The first-order chi connectivity index (χ1) is 11.3. The molecule has 6 nitrogen and oxygen atoms in total. The molecule has 2 amide bonds. The molecule has 2 rings (SSSR count). The molecule has 1 atom stereocenters. The molecule has 0 radical (unpaired) electrons. The molecular weight excluding hydrogens is 310 g/mol. The van der Waals surface area contributed by atoms with Gasteiger partial charge in [0.2, 0.25) is 5.91 Å². The van der Waals surface area contributed by atoms with Crippen molar-refractivity contribution in [1.29, 1.82) is 0 Å². The minimum atomic E-state index is -0.664. The van der Waals surface area contributed by atoms with Crippen molar-refractivity contribution < 1.29 is 23.9 Å². The van der Waals surface area contributed by atoms with E-state index in [4.69, 9.17) is 9.47 Å². The fraction of sp³-hybridized carbons (Fsp3) is 0.500. The van der Waals surface area contributed by atoms with E-state index in [2.05, 4.69) is 0 Å². The van der Waals surface area contributed by atoms with Gasteiger partial charge in [-0.3, -0.25) is 9.59 Å². The van der Waals surface area contributed by atoms with Crippen molar-refractivity contribution in [2.45, 2.75) is 45.8 Å². The van der Waals surface area contributed by atoms with Crippen LogP contribution in [0.5, 0.6) is 0 Å². The quantitative estimate of drug-likeness (QED) is 0.795. The molecule has 1 saturated heterocycles. The van der Waals surface area contributed by atoms with Gasteiger partial charge in [-0.2, -0.15) is 0 Å². The number of carbonyl (C=O) groups excluding carboxylic acids is 3. The van der Waals surface area contributed by atoms with E-state index >= 15 is 0 Å². The molecule has 24 heavy (non-hydrogen) atoms. The number of rotatable bonds is 3. The second kappa shape index (κ2) is 7.47. The first-order valence-corrected chi connectivity index (χ1v) is 8.00. The maximum Gasteiger partial charge on any atom is 0.417 e. The molecular formula is C18H23NO5. The van der Waals surface area contributed by atoms with E-state index in [0.29, 0.717) is 6.42 Å². The van der Waals surface area contributed by atoms with E-state index in [1.807, 2.05) is 30.3 Å². The Morgan fingerprint density at radius 3 is 2.46 bits per heavy atom. The molecule has 1 aliphatic rings. The van der Waals surface area contributed by atoms with Crippen molar-refractivity contribution in [3.8, 4) is 0 Å².